The fraction of sp³-hybridized carbons (Fsp3) is 0.156. The maximum absolute atomic E-state index is 13.2. The van der Waals surface area contributed by atoms with Crippen molar-refractivity contribution in [2.75, 3.05) is 19.0 Å². The number of nitrogens with one attached hydrogen (secondary N) is 2. The highest BCUT2D eigenvalue weighted by atomic mass is 32.1. The predicted molar refractivity (Wildman–Crippen MR) is 162 cm³/mol. The van der Waals surface area contributed by atoms with Gasteiger partial charge in [0.25, 0.3) is 0 Å². The van der Waals surface area contributed by atoms with Crippen LogP contribution in [0.4, 0.5) is 5.69 Å². The summed E-state index contributed by atoms with van der Waals surface area (Å²) in [5.41, 5.74) is 3.63. The first kappa shape index (κ1) is 25.6. The molecule has 3 heterocycles. The number of hydrogen-bond acceptors (Lipinski definition) is 4. The topological polar surface area (TPSA) is 71.4 Å². The fourth-order valence-electron chi connectivity index (χ4n) is 5.42. The number of anilines is 1. The van der Waals surface area contributed by atoms with Crippen LogP contribution in [0.2, 0.25) is 0 Å². The van der Waals surface area contributed by atoms with Crippen molar-refractivity contribution in [1.82, 2.24) is 19.8 Å². The minimum atomic E-state index is -0.201. The number of para-hydroxylation sites is 2. The fourth-order valence-corrected chi connectivity index (χ4v) is 5.75. The van der Waals surface area contributed by atoms with Crippen LogP contribution in [-0.4, -0.2) is 39.1 Å². The smallest absolute Gasteiger partial charge is 0.226 e. The van der Waals surface area contributed by atoms with Crippen molar-refractivity contribution in [3.8, 4) is 11.4 Å². The Morgan fingerprint density at radius 3 is 2.62 bits per heavy atom. The van der Waals surface area contributed by atoms with E-state index in [4.69, 9.17) is 17.0 Å². The van der Waals surface area contributed by atoms with Crippen LogP contribution in [0.3, 0.4) is 0 Å². The third-order valence-electron chi connectivity index (χ3n) is 7.27. The Labute approximate surface area is 238 Å². The molecule has 1 fully saturated rings. The van der Waals surface area contributed by atoms with E-state index in [9.17, 15) is 4.79 Å². The average molecular weight is 548 g/mol. The monoisotopic (exact) mass is 547 g/mol. The van der Waals surface area contributed by atoms with Gasteiger partial charge in [0.15, 0.2) is 5.11 Å². The molecule has 8 heteroatoms. The summed E-state index contributed by atoms with van der Waals surface area (Å²) in [5.74, 6) is 0.697. The van der Waals surface area contributed by atoms with E-state index in [1.54, 1.807) is 13.3 Å². The number of thiocarbonyl (C=S) groups is 1. The number of aromatic nitrogens is 2. The maximum atomic E-state index is 13.2. The second kappa shape index (κ2) is 11.2. The summed E-state index contributed by atoms with van der Waals surface area (Å²) in [6.45, 7) is 0.438. The van der Waals surface area contributed by atoms with Gasteiger partial charge in [0, 0.05) is 42.1 Å². The Balaban J connectivity index is 1.30. The molecule has 0 spiro atoms. The highest BCUT2D eigenvalue weighted by molar-refractivity contribution is 7.80. The van der Waals surface area contributed by atoms with E-state index in [1.165, 1.54) is 0 Å². The van der Waals surface area contributed by atoms with Gasteiger partial charge in [-0.05, 0) is 60.1 Å². The van der Waals surface area contributed by atoms with Crippen molar-refractivity contribution in [2.45, 2.75) is 18.5 Å². The molecule has 1 aliphatic rings. The Hall–Kier alpha value is -4.69. The van der Waals surface area contributed by atoms with Crippen LogP contribution in [-0.2, 0) is 4.79 Å². The molecule has 0 aliphatic carbocycles. The highest BCUT2D eigenvalue weighted by Crippen LogP contribution is 2.40. The molecule has 1 amide bonds. The van der Waals surface area contributed by atoms with E-state index >= 15 is 0 Å². The molecular formula is C32H29N5O2S. The summed E-state index contributed by atoms with van der Waals surface area (Å²) < 4.78 is 7.79. The molecule has 3 aromatic carbocycles. The van der Waals surface area contributed by atoms with Gasteiger partial charge in [0.05, 0.1) is 30.6 Å². The molecule has 40 heavy (non-hydrogen) atoms. The zero-order valence-electron chi connectivity index (χ0n) is 22.0. The van der Waals surface area contributed by atoms with E-state index in [0.717, 1.165) is 39.3 Å². The summed E-state index contributed by atoms with van der Waals surface area (Å²) in [5, 5.41) is 9.27. The molecule has 7 nitrogen and oxygen atoms in total. The SMILES string of the molecule is COc1ccccc1-n1cccc1[C@H]1[C@H](c2ccccn2)NC(=S)N1CCC(=O)Nc1cccc2ccccc12. The molecule has 1 aliphatic heterocycles. The van der Waals surface area contributed by atoms with Gasteiger partial charge in [-0.3, -0.25) is 9.78 Å². The van der Waals surface area contributed by atoms with Crippen molar-refractivity contribution in [3.63, 3.8) is 0 Å². The van der Waals surface area contributed by atoms with Crippen LogP contribution in [0, 0.1) is 0 Å². The second-order valence-corrected chi connectivity index (χ2v) is 10.0. The number of hydrogen-bond donors (Lipinski definition) is 2. The Morgan fingerprint density at radius 2 is 1.77 bits per heavy atom. The number of carbonyl (C=O) groups is 1. The first-order chi connectivity index (χ1) is 19.6. The van der Waals surface area contributed by atoms with Crippen molar-refractivity contribution < 1.29 is 9.53 Å². The first-order valence-corrected chi connectivity index (χ1v) is 13.6. The number of carbonyl (C=O) groups excluding carboxylic acids is 1. The van der Waals surface area contributed by atoms with Gasteiger partial charge >= 0.3 is 0 Å². The summed E-state index contributed by atoms with van der Waals surface area (Å²) in [7, 11) is 1.67. The normalized spacial score (nSPS) is 16.6. The molecule has 6 rings (SSSR count). The number of pyridine rings is 1. The van der Waals surface area contributed by atoms with Crippen LogP contribution < -0.4 is 15.4 Å². The Kier molecular flexibility index (Phi) is 7.16. The lowest BCUT2D eigenvalue weighted by molar-refractivity contribution is -0.116. The molecule has 2 N–H and O–H groups in total. The minimum Gasteiger partial charge on any atom is -0.495 e. The third-order valence-corrected chi connectivity index (χ3v) is 7.62. The van der Waals surface area contributed by atoms with Crippen LogP contribution in [0.15, 0.2) is 109 Å². The second-order valence-electron chi connectivity index (χ2n) is 9.62. The summed E-state index contributed by atoms with van der Waals surface area (Å²) in [4.78, 5) is 19.9. The molecule has 0 unspecified atom stereocenters. The summed E-state index contributed by atoms with van der Waals surface area (Å²) in [6, 6.07) is 31.5. The molecule has 0 radical (unpaired) electrons. The number of fused-ring (bicyclic) bond motifs is 1. The highest BCUT2D eigenvalue weighted by Gasteiger charge is 2.41. The third kappa shape index (κ3) is 4.89. The number of nitrogens with zero attached hydrogens (tertiary/aromatic N) is 3. The van der Waals surface area contributed by atoms with Crippen molar-refractivity contribution in [2.24, 2.45) is 0 Å². The van der Waals surface area contributed by atoms with Gasteiger partial charge in [-0.15, -0.1) is 0 Å². The first-order valence-electron chi connectivity index (χ1n) is 13.2. The molecule has 2 atom stereocenters. The number of benzene rings is 3. The minimum absolute atomic E-state index is 0.0701. The number of methoxy groups -OCH3 is 1. The maximum Gasteiger partial charge on any atom is 0.226 e. The van der Waals surface area contributed by atoms with E-state index in [2.05, 4.69) is 31.2 Å². The number of rotatable bonds is 8. The predicted octanol–water partition coefficient (Wildman–Crippen LogP) is 6.04. The zero-order valence-corrected chi connectivity index (χ0v) is 22.8. The van der Waals surface area contributed by atoms with Gasteiger partial charge in [0.2, 0.25) is 5.91 Å². The lowest BCUT2D eigenvalue weighted by atomic mass is 10.0. The zero-order chi connectivity index (χ0) is 27.5. The summed E-state index contributed by atoms with van der Waals surface area (Å²) in [6.07, 6.45) is 4.08. The molecule has 1 saturated heterocycles. The van der Waals surface area contributed by atoms with E-state index < -0.39 is 0 Å². The van der Waals surface area contributed by atoms with Crippen molar-refractivity contribution >= 4 is 39.7 Å². The Bertz CT molecular complexity index is 1660. The quantitative estimate of drug-likeness (QED) is 0.231. The largest absolute Gasteiger partial charge is 0.495 e. The van der Waals surface area contributed by atoms with Crippen LogP contribution in [0.25, 0.3) is 16.5 Å². The average Bonchev–Trinajstić information content (AvgIpc) is 3.60. The van der Waals surface area contributed by atoms with Crippen molar-refractivity contribution in [1.29, 1.82) is 0 Å². The lowest BCUT2D eigenvalue weighted by Crippen LogP contribution is -2.33. The molecule has 0 bridgehead atoms. The molecule has 0 saturated carbocycles. The van der Waals surface area contributed by atoms with Gasteiger partial charge in [-0.1, -0.05) is 54.6 Å². The van der Waals surface area contributed by atoms with Crippen LogP contribution in [0.5, 0.6) is 5.75 Å². The van der Waals surface area contributed by atoms with Gasteiger partial charge in [-0.25, -0.2) is 0 Å². The number of ether oxygens (including phenoxy) is 1. The van der Waals surface area contributed by atoms with E-state index in [1.807, 2.05) is 97.2 Å². The lowest BCUT2D eigenvalue weighted by Gasteiger charge is -2.29. The molecule has 2 aromatic heterocycles. The molecule has 5 aromatic rings. The van der Waals surface area contributed by atoms with Gasteiger partial charge in [-0.2, -0.15) is 0 Å². The van der Waals surface area contributed by atoms with E-state index in [-0.39, 0.29) is 24.4 Å². The molecule has 200 valence electrons. The van der Waals surface area contributed by atoms with Crippen LogP contribution >= 0.6 is 12.2 Å². The molecular weight excluding hydrogens is 518 g/mol. The van der Waals surface area contributed by atoms with Gasteiger partial charge < -0.3 is 24.8 Å². The van der Waals surface area contributed by atoms with Gasteiger partial charge in [0.1, 0.15) is 5.75 Å². The summed E-state index contributed by atoms with van der Waals surface area (Å²) >= 11 is 5.84. The van der Waals surface area contributed by atoms with E-state index in [0.29, 0.717) is 11.7 Å². The number of amides is 1. The standard InChI is InChI=1S/C32H29N5O2S/c1-39-28-17-5-4-15-26(28)36-20-9-16-27(36)31-30(25-13-6-7-19-33-25)35-32(40)37(31)21-18-29(38)34-24-14-8-11-22-10-2-3-12-23(22)24/h2-17,19-20,30-31H,18,21H2,1H3,(H,34,38)(H,35,40)/t30-,31-/m0/s1. The van der Waals surface area contributed by atoms with Crippen LogP contribution in [0.1, 0.15) is 29.9 Å². The van der Waals surface area contributed by atoms with Crippen molar-refractivity contribution in [3.05, 3.63) is 121 Å². The Morgan fingerprint density at radius 1 is 0.975 bits per heavy atom.